The van der Waals surface area contributed by atoms with Gasteiger partial charge in [-0.05, 0) is 29.8 Å². The summed E-state index contributed by atoms with van der Waals surface area (Å²) in [6.45, 7) is 2.32. The molecule has 0 amide bonds. The van der Waals surface area contributed by atoms with E-state index in [9.17, 15) is 0 Å². The molecule has 0 aliphatic carbocycles. The molecule has 3 N–H and O–H groups in total. The molecule has 27 heavy (non-hydrogen) atoms. The van der Waals surface area contributed by atoms with Crippen molar-refractivity contribution in [1.29, 1.82) is 0 Å². The molecule has 1 aliphatic heterocycles. The largest absolute Gasteiger partial charge is 0.493 e. The van der Waals surface area contributed by atoms with Crippen molar-refractivity contribution in [1.82, 2.24) is 25.3 Å². The Morgan fingerprint density at radius 2 is 2.07 bits per heavy atom. The lowest BCUT2D eigenvalue weighted by Crippen LogP contribution is -2.28. The highest BCUT2D eigenvalue weighted by molar-refractivity contribution is 5.74. The quantitative estimate of drug-likeness (QED) is 0.511. The van der Waals surface area contributed by atoms with Crippen LogP contribution < -0.4 is 10.1 Å². The third-order valence-corrected chi connectivity index (χ3v) is 5.04. The molecule has 0 radical (unpaired) electrons. The number of H-pyrrole nitrogens is 2. The van der Waals surface area contributed by atoms with E-state index in [0.717, 1.165) is 47.8 Å². The van der Waals surface area contributed by atoms with Crippen LogP contribution in [0.3, 0.4) is 0 Å². The molecular weight excluding hydrogens is 338 g/mol. The monoisotopic (exact) mass is 359 g/mol. The van der Waals surface area contributed by atoms with Crippen molar-refractivity contribution in [3.05, 3.63) is 77.6 Å². The lowest BCUT2D eigenvalue weighted by molar-refractivity contribution is 0.319. The van der Waals surface area contributed by atoms with Crippen molar-refractivity contribution < 1.29 is 4.74 Å². The van der Waals surface area contributed by atoms with Crippen LogP contribution in [0.15, 0.2) is 54.9 Å². The first-order valence-electron chi connectivity index (χ1n) is 9.26. The van der Waals surface area contributed by atoms with Gasteiger partial charge in [-0.2, -0.15) is 0 Å². The zero-order chi connectivity index (χ0) is 18.1. The highest BCUT2D eigenvalue weighted by Gasteiger charge is 2.24. The third-order valence-electron chi connectivity index (χ3n) is 5.04. The topological polar surface area (TPSA) is 78.6 Å². The molecule has 0 fully saturated rings. The summed E-state index contributed by atoms with van der Waals surface area (Å²) in [7, 11) is 0. The maximum absolute atomic E-state index is 6.00. The Labute approximate surface area is 157 Å². The van der Waals surface area contributed by atoms with Gasteiger partial charge in [0.15, 0.2) is 0 Å². The van der Waals surface area contributed by atoms with E-state index in [1.807, 2.05) is 36.4 Å². The summed E-state index contributed by atoms with van der Waals surface area (Å²) in [6, 6.07) is 16.4. The molecule has 2 aromatic heterocycles. The number of nitrogens with one attached hydrogen (secondary N) is 3. The van der Waals surface area contributed by atoms with Gasteiger partial charge in [0, 0.05) is 25.4 Å². The van der Waals surface area contributed by atoms with Crippen molar-refractivity contribution in [3.8, 4) is 5.75 Å². The number of rotatable bonds is 5. The van der Waals surface area contributed by atoms with Gasteiger partial charge in [0.25, 0.3) is 0 Å². The minimum atomic E-state index is 0.249. The highest BCUT2D eigenvalue weighted by Crippen LogP contribution is 2.29. The summed E-state index contributed by atoms with van der Waals surface area (Å²) < 4.78 is 6.00. The maximum atomic E-state index is 6.00. The molecule has 136 valence electrons. The predicted octanol–water partition coefficient (Wildman–Crippen LogP) is 3.14. The molecule has 2 aromatic carbocycles. The summed E-state index contributed by atoms with van der Waals surface area (Å²) in [5.41, 5.74) is 5.58. The molecule has 6 nitrogen and oxygen atoms in total. The highest BCUT2D eigenvalue weighted by atomic mass is 16.5. The first-order valence-corrected chi connectivity index (χ1v) is 9.26. The lowest BCUT2D eigenvalue weighted by atomic mass is 9.92. The van der Waals surface area contributed by atoms with Crippen molar-refractivity contribution in [2.24, 2.45) is 0 Å². The van der Waals surface area contributed by atoms with E-state index < -0.39 is 0 Å². The molecule has 3 heterocycles. The number of hydrogen-bond acceptors (Lipinski definition) is 4. The van der Waals surface area contributed by atoms with Crippen LogP contribution in [0.25, 0.3) is 11.0 Å². The van der Waals surface area contributed by atoms with E-state index in [4.69, 9.17) is 4.74 Å². The minimum absolute atomic E-state index is 0.249. The van der Waals surface area contributed by atoms with Crippen LogP contribution in [-0.2, 0) is 13.0 Å². The van der Waals surface area contributed by atoms with Gasteiger partial charge in [-0.3, -0.25) is 0 Å². The van der Waals surface area contributed by atoms with Gasteiger partial charge >= 0.3 is 0 Å². The molecule has 1 aliphatic rings. The van der Waals surface area contributed by atoms with Crippen molar-refractivity contribution in [3.63, 3.8) is 0 Å². The van der Waals surface area contributed by atoms with Crippen LogP contribution in [0, 0.1) is 0 Å². The van der Waals surface area contributed by atoms with E-state index in [1.165, 1.54) is 11.3 Å². The number of aromatic nitrogens is 4. The Balaban J connectivity index is 1.27. The molecule has 0 saturated carbocycles. The first kappa shape index (κ1) is 16.1. The third kappa shape index (κ3) is 3.19. The number of aromatic amines is 2. The smallest absolute Gasteiger partial charge is 0.119 e. The van der Waals surface area contributed by atoms with Gasteiger partial charge < -0.3 is 20.0 Å². The van der Waals surface area contributed by atoms with Gasteiger partial charge in [0.1, 0.15) is 11.6 Å². The number of benzene rings is 2. The Kier molecular flexibility index (Phi) is 4.10. The van der Waals surface area contributed by atoms with Crippen LogP contribution in [0.1, 0.15) is 28.7 Å². The Hall–Kier alpha value is -3.12. The molecular formula is C21H21N5O. The summed E-state index contributed by atoms with van der Waals surface area (Å²) in [4.78, 5) is 15.7. The molecule has 6 heteroatoms. The molecule has 4 aromatic rings. The van der Waals surface area contributed by atoms with Crippen LogP contribution >= 0.6 is 0 Å². The van der Waals surface area contributed by atoms with E-state index in [1.54, 1.807) is 6.33 Å². The summed E-state index contributed by atoms with van der Waals surface area (Å²) >= 11 is 0. The second kappa shape index (κ2) is 6.89. The normalized spacial score (nSPS) is 16.4. The van der Waals surface area contributed by atoms with Crippen LogP contribution in [0.4, 0.5) is 0 Å². The zero-order valence-corrected chi connectivity index (χ0v) is 14.9. The Morgan fingerprint density at radius 1 is 1.11 bits per heavy atom. The first-order chi connectivity index (χ1) is 13.4. The van der Waals surface area contributed by atoms with Gasteiger partial charge in [0.05, 0.1) is 35.4 Å². The molecule has 5 rings (SSSR count). The van der Waals surface area contributed by atoms with Crippen molar-refractivity contribution in [2.45, 2.75) is 18.9 Å². The fourth-order valence-corrected chi connectivity index (χ4v) is 3.70. The molecule has 0 spiro atoms. The van der Waals surface area contributed by atoms with Crippen molar-refractivity contribution >= 4 is 11.0 Å². The number of imidazole rings is 2. The van der Waals surface area contributed by atoms with E-state index in [2.05, 4.69) is 37.4 Å². The number of para-hydroxylation sites is 2. The lowest BCUT2D eigenvalue weighted by Gasteiger charge is -2.23. The van der Waals surface area contributed by atoms with Gasteiger partial charge in [-0.1, -0.05) is 24.3 Å². The Morgan fingerprint density at radius 3 is 3.04 bits per heavy atom. The number of hydrogen-bond donors (Lipinski definition) is 3. The zero-order valence-electron chi connectivity index (χ0n) is 14.9. The molecule has 1 unspecified atom stereocenters. The predicted molar refractivity (Wildman–Crippen MR) is 104 cm³/mol. The van der Waals surface area contributed by atoms with E-state index in [-0.39, 0.29) is 5.92 Å². The maximum Gasteiger partial charge on any atom is 0.119 e. The fourth-order valence-electron chi connectivity index (χ4n) is 3.70. The summed E-state index contributed by atoms with van der Waals surface area (Å²) in [6.07, 6.45) is 2.52. The molecule has 0 bridgehead atoms. The molecule has 0 saturated heterocycles. The van der Waals surface area contributed by atoms with Crippen molar-refractivity contribution in [2.75, 3.05) is 13.2 Å². The second-order valence-corrected chi connectivity index (χ2v) is 6.82. The fraction of sp³-hybridized carbons (Fsp3) is 0.238. The van der Waals surface area contributed by atoms with Gasteiger partial charge in [0.2, 0.25) is 0 Å². The van der Waals surface area contributed by atoms with E-state index in [0.29, 0.717) is 6.61 Å². The van der Waals surface area contributed by atoms with E-state index >= 15 is 0 Å². The average molecular weight is 359 g/mol. The van der Waals surface area contributed by atoms with Crippen LogP contribution in [0.5, 0.6) is 5.75 Å². The standard InChI is InChI=1S/C21H21N5O/c1-2-7-18-17(6-1)25-20(26-18)8-9-27-15-5-3-4-14(10-15)16-11-22-12-19-21(16)24-13-23-19/h1-7,10,13,16,22H,8-9,11-12H2,(H,23,24)(H,25,26). The van der Waals surface area contributed by atoms with Gasteiger partial charge in [-0.25, -0.2) is 9.97 Å². The number of fused-ring (bicyclic) bond motifs is 2. The summed E-state index contributed by atoms with van der Waals surface area (Å²) in [5.74, 6) is 2.08. The molecule has 1 atom stereocenters. The average Bonchev–Trinajstić information content (AvgIpc) is 3.34. The Bertz CT molecular complexity index is 1030. The van der Waals surface area contributed by atoms with Crippen LogP contribution in [-0.4, -0.2) is 33.1 Å². The summed E-state index contributed by atoms with van der Waals surface area (Å²) in [5, 5.41) is 3.45. The minimum Gasteiger partial charge on any atom is -0.493 e. The number of nitrogens with zero attached hydrogens (tertiary/aromatic N) is 2. The number of ether oxygens (including phenoxy) is 1. The SMILES string of the molecule is c1cc(OCCc2nc3ccccc3[nH]2)cc(C2CNCc3[nH]cnc32)c1. The van der Waals surface area contributed by atoms with Crippen LogP contribution in [0.2, 0.25) is 0 Å². The second-order valence-electron chi connectivity index (χ2n) is 6.82. The van der Waals surface area contributed by atoms with Gasteiger partial charge in [-0.15, -0.1) is 0 Å².